The normalized spacial score (nSPS) is 24.1. The summed E-state index contributed by atoms with van der Waals surface area (Å²) in [7, 11) is 0. The van der Waals surface area contributed by atoms with E-state index in [0.717, 1.165) is 19.3 Å². The second-order valence-electron chi connectivity index (χ2n) is 26.8. The molecule has 0 aromatic heterocycles. The van der Waals surface area contributed by atoms with Crippen molar-refractivity contribution in [2.45, 2.75) is 159 Å². The summed E-state index contributed by atoms with van der Waals surface area (Å²) >= 11 is 0. The van der Waals surface area contributed by atoms with Gasteiger partial charge < -0.3 is 0 Å². The third kappa shape index (κ3) is 6.87. The molecule has 0 heterocycles. The molecule has 0 heteroatoms. The van der Waals surface area contributed by atoms with E-state index in [1.165, 1.54) is 88.7 Å². The summed E-state index contributed by atoms with van der Waals surface area (Å²) in [5.74, 6) is 1.02. The molecule has 0 N–H and O–H groups in total. The maximum absolute atomic E-state index is 2.80. The highest BCUT2D eigenvalue weighted by Gasteiger charge is 2.55. The molecule has 6 aliphatic carbocycles. The lowest BCUT2D eigenvalue weighted by Crippen LogP contribution is -2.38. The minimum Gasteiger partial charge on any atom is -0.0839 e. The molecule has 0 fully saturated rings. The molecule has 6 aliphatic rings. The first-order valence-corrected chi connectivity index (χ1v) is 26.6. The molecule has 5 aromatic rings. The summed E-state index contributed by atoms with van der Waals surface area (Å²) in [4.78, 5) is 0. The maximum Gasteiger partial charge on any atom is 0.0230 e. The Labute approximate surface area is 416 Å². The van der Waals surface area contributed by atoms with Crippen LogP contribution in [-0.2, 0) is 16.2 Å². The SMILES string of the molecule is Cc1cc(C)c(-c2ccc3c4c(cccc24)C2C3=C(c3cc(C(C)(C)C)cc(C(C)(C)C)c3)C3=C(c4cccc5c4C(C)(C3)C3=C5CCC=C3)C2C2C=C(C(C)(C)C)C=C(C(C)(C)C)C2C)c(C)c1. The van der Waals surface area contributed by atoms with Gasteiger partial charge in [-0.05, 0) is 190 Å². The first-order valence-electron chi connectivity index (χ1n) is 26.6. The molecule has 0 radical (unpaired) electrons. The van der Waals surface area contributed by atoms with E-state index in [1.54, 1.807) is 39.0 Å². The molecule has 69 heavy (non-hydrogen) atoms. The molecule has 0 spiro atoms. The van der Waals surface area contributed by atoms with Gasteiger partial charge in [0.25, 0.3) is 0 Å². The number of fused-ring (bicyclic) bond motifs is 6. The molecule has 354 valence electrons. The second-order valence-corrected chi connectivity index (χ2v) is 26.8. The molecule has 5 unspecified atom stereocenters. The van der Waals surface area contributed by atoms with Crippen LogP contribution in [0.1, 0.15) is 183 Å². The number of hydrogen-bond donors (Lipinski definition) is 0. The lowest BCUT2D eigenvalue weighted by atomic mass is 9.53. The molecule has 0 aliphatic heterocycles. The molecule has 0 nitrogen and oxygen atoms in total. The number of rotatable bonds is 3. The van der Waals surface area contributed by atoms with E-state index >= 15 is 0 Å². The van der Waals surface area contributed by atoms with E-state index < -0.39 is 0 Å². The number of hydrogen-bond acceptors (Lipinski definition) is 0. The van der Waals surface area contributed by atoms with E-state index in [2.05, 4.69) is 221 Å². The molecular formula is C69H78. The van der Waals surface area contributed by atoms with Crippen molar-refractivity contribution < 1.29 is 0 Å². The molecule has 0 amide bonds. The summed E-state index contributed by atoms with van der Waals surface area (Å²) < 4.78 is 0. The van der Waals surface area contributed by atoms with E-state index in [0.29, 0.717) is 5.92 Å². The topological polar surface area (TPSA) is 0 Å². The number of aryl methyl sites for hydroxylation is 3. The van der Waals surface area contributed by atoms with E-state index in [-0.39, 0.29) is 44.8 Å². The van der Waals surface area contributed by atoms with Gasteiger partial charge in [0.1, 0.15) is 0 Å². The zero-order valence-electron chi connectivity index (χ0n) is 45.2. The Morgan fingerprint density at radius 1 is 0.623 bits per heavy atom. The quantitative estimate of drug-likeness (QED) is 0.169. The maximum atomic E-state index is 2.80. The van der Waals surface area contributed by atoms with Crippen LogP contribution < -0.4 is 0 Å². The highest BCUT2D eigenvalue weighted by atomic mass is 14.6. The molecular weight excluding hydrogens is 829 g/mol. The lowest BCUT2D eigenvalue weighted by molar-refractivity contribution is 0.307. The fraction of sp³-hybridized carbons (Fsp3) is 0.420. The van der Waals surface area contributed by atoms with Crippen molar-refractivity contribution in [1.29, 1.82) is 0 Å². The fourth-order valence-corrected chi connectivity index (χ4v) is 14.7. The van der Waals surface area contributed by atoms with Gasteiger partial charge in [-0.25, -0.2) is 0 Å². The summed E-state index contributed by atoms with van der Waals surface area (Å²) in [5.41, 5.74) is 31.1. The first kappa shape index (κ1) is 46.2. The third-order valence-electron chi connectivity index (χ3n) is 17.9. The molecule has 0 saturated heterocycles. The van der Waals surface area contributed by atoms with Crippen LogP contribution in [0.15, 0.2) is 125 Å². The van der Waals surface area contributed by atoms with Gasteiger partial charge in [-0.15, -0.1) is 0 Å². The van der Waals surface area contributed by atoms with Crippen molar-refractivity contribution in [1.82, 2.24) is 0 Å². The van der Waals surface area contributed by atoms with Gasteiger partial charge in [-0.3, -0.25) is 0 Å². The summed E-state index contributed by atoms with van der Waals surface area (Å²) in [6.07, 6.45) is 13.7. The fourth-order valence-electron chi connectivity index (χ4n) is 14.7. The van der Waals surface area contributed by atoms with Crippen LogP contribution in [-0.4, -0.2) is 0 Å². The van der Waals surface area contributed by atoms with Gasteiger partial charge >= 0.3 is 0 Å². The van der Waals surface area contributed by atoms with Crippen LogP contribution in [0.2, 0.25) is 0 Å². The van der Waals surface area contributed by atoms with E-state index in [4.69, 9.17) is 0 Å². The van der Waals surface area contributed by atoms with Crippen LogP contribution in [0, 0.1) is 49.4 Å². The Balaban J connectivity index is 1.32. The van der Waals surface area contributed by atoms with Gasteiger partial charge in [0.05, 0.1) is 0 Å². The predicted octanol–water partition coefficient (Wildman–Crippen LogP) is 19.1. The average molecular weight is 907 g/mol. The molecule has 5 atom stereocenters. The lowest BCUT2D eigenvalue weighted by Gasteiger charge is -2.50. The van der Waals surface area contributed by atoms with Gasteiger partial charge in [-0.2, -0.15) is 0 Å². The monoisotopic (exact) mass is 907 g/mol. The Kier molecular flexibility index (Phi) is 10.1. The zero-order chi connectivity index (χ0) is 49.2. The highest BCUT2D eigenvalue weighted by Crippen LogP contribution is 2.69. The van der Waals surface area contributed by atoms with E-state index in [1.807, 2.05) is 0 Å². The average Bonchev–Trinajstić information content (AvgIpc) is 3.72. The Morgan fingerprint density at radius 2 is 1.26 bits per heavy atom. The summed E-state index contributed by atoms with van der Waals surface area (Å²) in [5, 5.41) is 2.87. The van der Waals surface area contributed by atoms with Gasteiger partial charge in [0.2, 0.25) is 0 Å². The second kappa shape index (κ2) is 15.2. The number of benzene rings is 5. The number of allylic oxidation sites excluding steroid dienone is 12. The smallest absolute Gasteiger partial charge is 0.0230 e. The van der Waals surface area contributed by atoms with Crippen molar-refractivity contribution in [2.24, 2.45) is 28.6 Å². The Morgan fingerprint density at radius 3 is 1.90 bits per heavy atom. The standard InChI is InChI=1S/C69H78/c1-38-30-39(2)57(40(3)31-38)48-28-29-51-59-47(48)23-20-25-50(59)62-61(51)58(42-32-43(65(5,6)7)34-44(33-42)66(8,9)10)54-37-69(17)55-27-19-18-22-46(55)49-24-21-26-52(64(49)69)60(54)63(62)53-35-45(67(11,12)13)36-56(41(53)4)68(14,15)16/h19-21,23-36,41,53,62-63H,18,22,37H2,1-17H3. The van der Waals surface area contributed by atoms with Crippen molar-refractivity contribution in [2.75, 3.05) is 0 Å². The van der Waals surface area contributed by atoms with Crippen LogP contribution in [0.3, 0.4) is 0 Å². The molecule has 0 saturated carbocycles. The van der Waals surface area contributed by atoms with Gasteiger partial charge in [0.15, 0.2) is 0 Å². The highest BCUT2D eigenvalue weighted by molar-refractivity contribution is 6.19. The summed E-state index contributed by atoms with van der Waals surface area (Å²) in [6.45, 7) is 41.3. The Bertz CT molecular complexity index is 3210. The minimum absolute atomic E-state index is 0.00705. The predicted molar refractivity (Wildman–Crippen MR) is 299 cm³/mol. The van der Waals surface area contributed by atoms with Crippen molar-refractivity contribution >= 4 is 33.1 Å². The Hall–Kier alpha value is -5.20. The molecule has 5 aromatic carbocycles. The first-order chi connectivity index (χ1) is 32.3. The van der Waals surface area contributed by atoms with Gasteiger partial charge in [-0.1, -0.05) is 211 Å². The van der Waals surface area contributed by atoms with Crippen LogP contribution in [0.5, 0.6) is 0 Å². The third-order valence-corrected chi connectivity index (χ3v) is 17.9. The van der Waals surface area contributed by atoms with Crippen molar-refractivity contribution in [3.8, 4) is 11.1 Å². The van der Waals surface area contributed by atoms with Crippen molar-refractivity contribution in [3.05, 3.63) is 187 Å². The van der Waals surface area contributed by atoms with E-state index in [9.17, 15) is 0 Å². The zero-order valence-corrected chi connectivity index (χ0v) is 45.2. The minimum atomic E-state index is -0.124. The largest absolute Gasteiger partial charge is 0.0839 e. The van der Waals surface area contributed by atoms with Crippen LogP contribution >= 0.6 is 0 Å². The van der Waals surface area contributed by atoms with Gasteiger partial charge in [0, 0.05) is 17.3 Å². The summed E-state index contributed by atoms with van der Waals surface area (Å²) in [6, 6.07) is 32.5. The van der Waals surface area contributed by atoms with Crippen LogP contribution in [0.4, 0.5) is 0 Å². The van der Waals surface area contributed by atoms with Crippen molar-refractivity contribution in [3.63, 3.8) is 0 Å². The molecule has 11 rings (SSSR count). The van der Waals surface area contributed by atoms with Crippen LogP contribution in [0.25, 0.3) is 44.2 Å². The molecule has 0 bridgehead atoms.